The first-order valence-corrected chi connectivity index (χ1v) is 4.78. The first kappa shape index (κ1) is 11.9. The summed E-state index contributed by atoms with van der Waals surface area (Å²) in [4.78, 5) is 0. The highest BCUT2D eigenvalue weighted by Gasteiger charge is 1.95. The van der Waals surface area contributed by atoms with Crippen molar-refractivity contribution in [1.29, 1.82) is 0 Å². The largest absolute Gasteiger partial charge is 0.355 e. The van der Waals surface area contributed by atoms with E-state index in [1.54, 1.807) is 0 Å². The summed E-state index contributed by atoms with van der Waals surface area (Å²) < 4.78 is 10.5. The smallest absolute Gasteiger partial charge is 0.146 e. The van der Waals surface area contributed by atoms with Gasteiger partial charge in [0.15, 0.2) is 0 Å². The standard InChI is InChI=1S/C10H22O2/c1-9(2)5-6-11-8-12-7-10(3)4/h9-10H,5-8H2,1-4H3. The highest BCUT2D eigenvalue weighted by Crippen LogP contribution is 1.99. The van der Waals surface area contributed by atoms with E-state index in [4.69, 9.17) is 9.47 Å². The van der Waals surface area contributed by atoms with Crippen LogP contribution in [0.5, 0.6) is 0 Å². The Labute approximate surface area is 76.3 Å². The van der Waals surface area contributed by atoms with E-state index in [1.165, 1.54) is 0 Å². The van der Waals surface area contributed by atoms with Gasteiger partial charge in [-0.25, -0.2) is 0 Å². The molecule has 0 aliphatic carbocycles. The molecule has 74 valence electrons. The number of ether oxygens (including phenoxy) is 2. The summed E-state index contributed by atoms with van der Waals surface area (Å²) in [6.45, 7) is 10.7. The Morgan fingerprint density at radius 3 is 2.08 bits per heavy atom. The maximum absolute atomic E-state index is 5.27. The van der Waals surface area contributed by atoms with E-state index in [0.717, 1.165) is 25.6 Å². The fourth-order valence-electron chi connectivity index (χ4n) is 0.721. The summed E-state index contributed by atoms with van der Waals surface area (Å²) in [5.41, 5.74) is 0. The molecule has 0 spiro atoms. The normalized spacial score (nSPS) is 11.5. The fourth-order valence-corrected chi connectivity index (χ4v) is 0.721. The summed E-state index contributed by atoms with van der Waals surface area (Å²) in [6, 6.07) is 0. The minimum atomic E-state index is 0.449. The van der Waals surface area contributed by atoms with Crippen molar-refractivity contribution in [2.45, 2.75) is 34.1 Å². The van der Waals surface area contributed by atoms with Crippen LogP contribution in [0.4, 0.5) is 0 Å². The Morgan fingerprint density at radius 1 is 0.917 bits per heavy atom. The molecule has 0 aliphatic heterocycles. The third-order valence-corrected chi connectivity index (χ3v) is 1.46. The van der Waals surface area contributed by atoms with Gasteiger partial charge in [0.2, 0.25) is 0 Å². The summed E-state index contributed by atoms with van der Waals surface area (Å²) in [5.74, 6) is 1.31. The van der Waals surface area contributed by atoms with Crippen molar-refractivity contribution < 1.29 is 9.47 Å². The molecule has 2 heteroatoms. The molecule has 0 radical (unpaired) electrons. The third-order valence-electron chi connectivity index (χ3n) is 1.46. The molecule has 0 aliphatic rings. The molecule has 0 aromatic rings. The van der Waals surface area contributed by atoms with Crippen LogP contribution in [0.15, 0.2) is 0 Å². The van der Waals surface area contributed by atoms with Crippen LogP contribution >= 0.6 is 0 Å². The molecular formula is C10H22O2. The molecule has 12 heavy (non-hydrogen) atoms. The van der Waals surface area contributed by atoms with Crippen molar-refractivity contribution in [3.63, 3.8) is 0 Å². The zero-order valence-electron chi connectivity index (χ0n) is 8.80. The average Bonchev–Trinajstić information content (AvgIpc) is 1.95. The second-order valence-corrected chi connectivity index (χ2v) is 3.97. The van der Waals surface area contributed by atoms with Gasteiger partial charge < -0.3 is 9.47 Å². The number of hydrogen-bond donors (Lipinski definition) is 0. The van der Waals surface area contributed by atoms with E-state index >= 15 is 0 Å². The predicted octanol–water partition coefficient (Wildman–Crippen LogP) is 2.68. The van der Waals surface area contributed by atoms with Crippen LogP contribution in [0.1, 0.15) is 34.1 Å². The molecular weight excluding hydrogens is 152 g/mol. The van der Waals surface area contributed by atoms with Gasteiger partial charge in [0.25, 0.3) is 0 Å². The van der Waals surface area contributed by atoms with Crippen molar-refractivity contribution >= 4 is 0 Å². The molecule has 0 amide bonds. The zero-order chi connectivity index (χ0) is 9.40. The third kappa shape index (κ3) is 9.92. The van der Waals surface area contributed by atoms with Crippen molar-refractivity contribution in [2.24, 2.45) is 11.8 Å². The molecule has 2 nitrogen and oxygen atoms in total. The van der Waals surface area contributed by atoms with Crippen molar-refractivity contribution in [2.75, 3.05) is 20.0 Å². The lowest BCUT2D eigenvalue weighted by molar-refractivity contribution is -0.0638. The van der Waals surface area contributed by atoms with Gasteiger partial charge in [-0.05, 0) is 18.3 Å². The van der Waals surface area contributed by atoms with Crippen LogP contribution in [0.2, 0.25) is 0 Å². The lowest BCUT2D eigenvalue weighted by Gasteiger charge is -2.08. The molecule has 0 aromatic carbocycles. The van der Waals surface area contributed by atoms with Crippen molar-refractivity contribution in [3.05, 3.63) is 0 Å². The van der Waals surface area contributed by atoms with Gasteiger partial charge in [0.1, 0.15) is 6.79 Å². The van der Waals surface area contributed by atoms with Crippen LogP contribution in [0, 0.1) is 11.8 Å². The molecule has 0 fully saturated rings. The van der Waals surface area contributed by atoms with Crippen LogP contribution in [-0.4, -0.2) is 20.0 Å². The van der Waals surface area contributed by atoms with Crippen LogP contribution in [-0.2, 0) is 9.47 Å². The molecule has 0 unspecified atom stereocenters. The second-order valence-electron chi connectivity index (χ2n) is 3.97. The highest BCUT2D eigenvalue weighted by molar-refractivity contribution is 4.41. The van der Waals surface area contributed by atoms with Crippen LogP contribution in [0.3, 0.4) is 0 Å². The Morgan fingerprint density at radius 2 is 1.58 bits per heavy atom. The van der Waals surface area contributed by atoms with Gasteiger partial charge in [0, 0.05) is 6.61 Å². The van der Waals surface area contributed by atoms with Gasteiger partial charge in [-0.2, -0.15) is 0 Å². The summed E-state index contributed by atoms with van der Waals surface area (Å²) >= 11 is 0. The fraction of sp³-hybridized carbons (Fsp3) is 1.00. The highest BCUT2D eigenvalue weighted by atomic mass is 16.7. The molecule has 0 rings (SSSR count). The van der Waals surface area contributed by atoms with Gasteiger partial charge in [-0.3, -0.25) is 0 Å². The maximum atomic E-state index is 5.27. The molecule has 0 aromatic heterocycles. The first-order valence-electron chi connectivity index (χ1n) is 4.78. The monoisotopic (exact) mass is 174 g/mol. The maximum Gasteiger partial charge on any atom is 0.146 e. The van der Waals surface area contributed by atoms with Gasteiger partial charge in [-0.15, -0.1) is 0 Å². The lowest BCUT2D eigenvalue weighted by atomic mass is 10.1. The SMILES string of the molecule is CC(C)CCOCOCC(C)C. The minimum absolute atomic E-state index is 0.449. The average molecular weight is 174 g/mol. The van der Waals surface area contributed by atoms with E-state index in [0.29, 0.717) is 12.7 Å². The van der Waals surface area contributed by atoms with Gasteiger partial charge in [0.05, 0.1) is 6.61 Å². The zero-order valence-corrected chi connectivity index (χ0v) is 8.80. The summed E-state index contributed by atoms with van der Waals surface area (Å²) in [7, 11) is 0. The predicted molar refractivity (Wildman–Crippen MR) is 51.1 cm³/mol. The van der Waals surface area contributed by atoms with Gasteiger partial charge >= 0.3 is 0 Å². The van der Waals surface area contributed by atoms with Crippen molar-refractivity contribution in [1.82, 2.24) is 0 Å². The molecule has 0 saturated heterocycles. The molecule has 0 bridgehead atoms. The molecule has 0 heterocycles. The quantitative estimate of drug-likeness (QED) is 0.436. The Bertz CT molecular complexity index is 77.8. The summed E-state index contributed by atoms with van der Waals surface area (Å²) in [5, 5.41) is 0. The second kappa shape index (κ2) is 7.56. The molecule has 0 saturated carbocycles. The van der Waals surface area contributed by atoms with E-state index in [9.17, 15) is 0 Å². The minimum Gasteiger partial charge on any atom is -0.355 e. The Balaban J connectivity index is 2.91. The van der Waals surface area contributed by atoms with E-state index < -0.39 is 0 Å². The van der Waals surface area contributed by atoms with Gasteiger partial charge in [-0.1, -0.05) is 27.7 Å². The van der Waals surface area contributed by atoms with E-state index in [1.807, 2.05) is 0 Å². The summed E-state index contributed by atoms with van der Waals surface area (Å²) in [6.07, 6.45) is 1.12. The lowest BCUT2D eigenvalue weighted by Crippen LogP contribution is -2.07. The number of hydrogen-bond acceptors (Lipinski definition) is 2. The van der Waals surface area contributed by atoms with Crippen molar-refractivity contribution in [3.8, 4) is 0 Å². The van der Waals surface area contributed by atoms with E-state index in [-0.39, 0.29) is 0 Å². The first-order chi connectivity index (χ1) is 5.63. The van der Waals surface area contributed by atoms with E-state index in [2.05, 4.69) is 27.7 Å². The van der Waals surface area contributed by atoms with Crippen LogP contribution < -0.4 is 0 Å². The number of rotatable bonds is 7. The molecule has 0 atom stereocenters. The Kier molecular flexibility index (Phi) is 7.51. The topological polar surface area (TPSA) is 18.5 Å². The Hall–Kier alpha value is -0.0800. The van der Waals surface area contributed by atoms with Crippen LogP contribution in [0.25, 0.3) is 0 Å². The molecule has 0 N–H and O–H groups in total.